The van der Waals surface area contributed by atoms with Crippen LogP contribution in [0.2, 0.25) is 0 Å². The summed E-state index contributed by atoms with van der Waals surface area (Å²) in [6.07, 6.45) is 4.28. The van der Waals surface area contributed by atoms with Gasteiger partial charge in [-0.25, -0.2) is 0 Å². The van der Waals surface area contributed by atoms with Crippen LogP contribution in [0.3, 0.4) is 0 Å². The maximum Gasteiger partial charge on any atom is 0.227 e. The van der Waals surface area contributed by atoms with Gasteiger partial charge in [-0.3, -0.25) is 4.79 Å². The number of rotatable bonds is 7. The summed E-state index contributed by atoms with van der Waals surface area (Å²) in [5.74, 6) is 0.920. The van der Waals surface area contributed by atoms with E-state index in [4.69, 9.17) is 0 Å². The number of nitrogens with one attached hydrogen (secondary N) is 2. The molecule has 1 aromatic rings. The topological polar surface area (TPSA) is 41.1 Å². The molecule has 2 atom stereocenters. The summed E-state index contributed by atoms with van der Waals surface area (Å²) in [5, 5.41) is 6.49. The molecule has 0 saturated carbocycles. The van der Waals surface area contributed by atoms with Crippen molar-refractivity contribution in [2.75, 3.05) is 19.6 Å². The van der Waals surface area contributed by atoms with E-state index in [1.807, 2.05) is 18.2 Å². The molecule has 0 aliphatic carbocycles. The Labute approximate surface area is 122 Å². The zero-order valence-corrected chi connectivity index (χ0v) is 12.4. The molecule has 2 rings (SSSR count). The largest absolute Gasteiger partial charge is 0.356 e. The highest BCUT2D eigenvalue weighted by Gasteiger charge is 2.20. The van der Waals surface area contributed by atoms with Crippen LogP contribution in [0.1, 0.15) is 44.1 Å². The van der Waals surface area contributed by atoms with Crippen LogP contribution in [-0.4, -0.2) is 25.5 Å². The maximum absolute atomic E-state index is 12.4. The van der Waals surface area contributed by atoms with E-state index in [9.17, 15) is 4.79 Å². The summed E-state index contributed by atoms with van der Waals surface area (Å²) in [7, 11) is 0. The molecule has 1 aliphatic rings. The van der Waals surface area contributed by atoms with E-state index in [2.05, 4.69) is 29.7 Å². The third kappa shape index (κ3) is 4.34. The Bertz CT molecular complexity index is 399. The minimum absolute atomic E-state index is 0.00269. The van der Waals surface area contributed by atoms with Crippen molar-refractivity contribution in [2.24, 2.45) is 5.92 Å². The molecule has 2 N–H and O–H groups in total. The average Bonchev–Trinajstić information content (AvgIpc) is 2.99. The third-order valence-corrected chi connectivity index (χ3v) is 4.11. The summed E-state index contributed by atoms with van der Waals surface area (Å²) in [6, 6.07) is 10.1. The summed E-state index contributed by atoms with van der Waals surface area (Å²) in [4.78, 5) is 12.4. The average molecular weight is 274 g/mol. The van der Waals surface area contributed by atoms with Gasteiger partial charge in [0.1, 0.15) is 0 Å². The van der Waals surface area contributed by atoms with Crippen LogP contribution in [0.25, 0.3) is 0 Å². The van der Waals surface area contributed by atoms with E-state index in [1.165, 1.54) is 6.42 Å². The molecule has 1 amide bonds. The van der Waals surface area contributed by atoms with E-state index in [0.717, 1.165) is 50.4 Å². The summed E-state index contributed by atoms with van der Waals surface area (Å²) in [5.41, 5.74) is 1.13. The predicted octanol–water partition coefficient (Wildman–Crippen LogP) is 2.69. The Morgan fingerprint density at radius 2 is 2.20 bits per heavy atom. The van der Waals surface area contributed by atoms with Gasteiger partial charge in [-0.15, -0.1) is 0 Å². The fourth-order valence-electron chi connectivity index (χ4n) is 2.91. The first-order valence-corrected chi connectivity index (χ1v) is 7.84. The smallest absolute Gasteiger partial charge is 0.227 e. The lowest BCUT2D eigenvalue weighted by molar-refractivity contribution is -0.122. The van der Waals surface area contributed by atoms with Crippen molar-refractivity contribution < 1.29 is 4.79 Å². The molecule has 0 bridgehead atoms. The molecule has 3 heteroatoms. The summed E-state index contributed by atoms with van der Waals surface area (Å²) in [6.45, 7) is 5.17. The third-order valence-electron chi connectivity index (χ3n) is 4.11. The lowest BCUT2D eigenvalue weighted by atomic mass is 9.93. The van der Waals surface area contributed by atoms with Gasteiger partial charge in [-0.2, -0.15) is 0 Å². The molecular weight excluding hydrogens is 248 g/mol. The van der Waals surface area contributed by atoms with Crippen LogP contribution in [0, 0.1) is 5.92 Å². The molecule has 1 aromatic carbocycles. The number of carbonyl (C=O) groups is 1. The van der Waals surface area contributed by atoms with Crippen molar-refractivity contribution in [3.05, 3.63) is 35.9 Å². The van der Waals surface area contributed by atoms with Crippen LogP contribution in [0.4, 0.5) is 0 Å². The van der Waals surface area contributed by atoms with Crippen LogP contribution in [0.15, 0.2) is 30.3 Å². The van der Waals surface area contributed by atoms with Crippen LogP contribution < -0.4 is 10.6 Å². The predicted molar refractivity (Wildman–Crippen MR) is 82.7 cm³/mol. The van der Waals surface area contributed by atoms with Crippen molar-refractivity contribution in [3.63, 3.8) is 0 Å². The highest BCUT2D eigenvalue weighted by atomic mass is 16.1. The molecule has 1 fully saturated rings. The number of carbonyl (C=O) groups excluding carboxylic acids is 1. The molecular formula is C17H26N2O. The highest BCUT2D eigenvalue weighted by molar-refractivity contribution is 5.83. The maximum atomic E-state index is 12.4. The summed E-state index contributed by atoms with van der Waals surface area (Å²) < 4.78 is 0. The van der Waals surface area contributed by atoms with Gasteiger partial charge < -0.3 is 10.6 Å². The zero-order chi connectivity index (χ0) is 14.2. The Morgan fingerprint density at radius 3 is 2.85 bits per heavy atom. The first-order valence-electron chi connectivity index (χ1n) is 7.84. The van der Waals surface area contributed by atoms with Gasteiger partial charge in [0.2, 0.25) is 5.91 Å². The van der Waals surface area contributed by atoms with Crippen molar-refractivity contribution >= 4 is 5.91 Å². The Balaban J connectivity index is 1.83. The number of hydrogen-bond acceptors (Lipinski definition) is 2. The van der Waals surface area contributed by atoms with Crippen molar-refractivity contribution in [1.82, 2.24) is 10.6 Å². The van der Waals surface area contributed by atoms with Gasteiger partial charge in [-0.05, 0) is 43.8 Å². The Hall–Kier alpha value is -1.35. The Morgan fingerprint density at radius 1 is 1.40 bits per heavy atom. The number of hydrogen-bond donors (Lipinski definition) is 2. The molecule has 0 spiro atoms. The van der Waals surface area contributed by atoms with E-state index in [0.29, 0.717) is 0 Å². The minimum Gasteiger partial charge on any atom is -0.356 e. The van der Waals surface area contributed by atoms with E-state index in [1.54, 1.807) is 0 Å². The Kier molecular flexibility index (Phi) is 6.06. The second-order valence-corrected chi connectivity index (χ2v) is 5.69. The van der Waals surface area contributed by atoms with E-state index >= 15 is 0 Å². The molecule has 20 heavy (non-hydrogen) atoms. The van der Waals surface area contributed by atoms with Gasteiger partial charge in [0.25, 0.3) is 0 Å². The lowest BCUT2D eigenvalue weighted by Crippen LogP contribution is -2.31. The van der Waals surface area contributed by atoms with E-state index < -0.39 is 0 Å². The van der Waals surface area contributed by atoms with Gasteiger partial charge in [0, 0.05) is 6.54 Å². The van der Waals surface area contributed by atoms with Crippen LogP contribution in [-0.2, 0) is 4.79 Å². The second-order valence-electron chi connectivity index (χ2n) is 5.69. The first kappa shape index (κ1) is 15.0. The summed E-state index contributed by atoms with van der Waals surface area (Å²) >= 11 is 0. The first-order chi connectivity index (χ1) is 9.81. The lowest BCUT2D eigenvalue weighted by Gasteiger charge is -2.17. The molecule has 1 heterocycles. The van der Waals surface area contributed by atoms with Crippen LogP contribution >= 0.6 is 0 Å². The molecule has 110 valence electrons. The van der Waals surface area contributed by atoms with Crippen LogP contribution in [0.5, 0.6) is 0 Å². The molecule has 3 nitrogen and oxygen atoms in total. The van der Waals surface area contributed by atoms with E-state index in [-0.39, 0.29) is 11.8 Å². The SMILES string of the molecule is CCCC(C(=O)NCCC1CCNC1)c1ccccc1. The van der Waals surface area contributed by atoms with Crippen molar-refractivity contribution in [3.8, 4) is 0 Å². The molecule has 1 aliphatic heterocycles. The quantitative estimate of drug-likeness (QED) is 0.802. The fourth-order valence-corrected chi connectivity index (χ4v) is 2.91. The van der Waals surface area contributed by atoms with Crippen molar-refractivity contribution in [2.45, 2.75) is 38.5 Å². The number of benzene rings is 1. The fraction of sp³-hybridized carbons (Fsp3) is 0.588. The highest BCUT2D eigenvalue weighted by Crippen LogP contribution is 2.21. The van der Waals surface area contributed by atoms with Crippen molar-refractivity contribution in [1.29, 1.82) is 0 Å². The van der Waals surface area contributed by atoms with Gasteiger partial charge in [0.15, 0.2) is 0 Å². The molecule has 0 radical (unpaired) electrons. The van der Waals surface area contributed by atoms with Gasteiger partial charge >= 0.3 is 0 Å². The standard InChI is InChI=1S/C17H26N2O/c1-2-6-16(15-7-4-3-5-8-15)17(20)19-12-10-14-9-11-18-13-14/h3-5,7-8,14,16,18H,2,6,9-13H2,1H3,(H,19,20). The zero-order valence-electron chi connectivity index (χ0n) is 12.4. The van der Waals surface area contributed by atoms with Gasteiger partial charge in [-0.1, -0.05) is 43.7 Å². The molecule has 1 saturated heterocycles. The molecule has 2 unspecified atom stereocenters. The molecule has 0 aromatic heterocycles. The number of amides is 1. The van der Waals surface area contributed by atoms with Gasteiger partial charge in [0.05, 0.1) is 5.92 Å². The normalized spacial score (nSPS) is 19.8. The second kappa shape index (κ2) is 8.05. The monoisotopic (exact) mass is 274 g/mol. The minimum atomic E-state index is 0.00269.